The maximum Gasteiger partial charge on any atom is 0.185 e. The van der Waals surface area contributed by atoms with E-state index < -0.39 is 79.5 Å². The first kappa shape index (κ1) is 25.1. The minimum atomic E-state index is -1.29. The summed E-state index contributed by atoms with van der Waals surface area (Å²) < 4.78 is 23.0. The quantitative estimate of drug-likeness (QED) is 0.183. The van der Waals surface area contributed by atoms with E-state index in [0.717, 1.165) is 0 Å². The van der Waals surface area contributed by atoms with Gasteiger partial charge in [0.05, 0.1) is 31.0 Å². The summed E-state index contributed by atoms with van der Waals surface area (Å²) in [5, 5.41) is 40.7. The first-order chi connectivity index (χ1) is 14.7. The molecule has 0 amide bonds. The van der Waals surface area contributed by atoms with E-state index in [4.69, 9.17) is 47.6 Å². The topological polar surface area (TPSA) is 248 Å². The van der Waals surface area contributed by atoms with Crippen molar-refractivity contribution in [2.75, 3.05) is 13.2 Å². The van der Waals surface area contributed by atoms with Crippen LogP contribution < -0.4 is 28.7 Å². The minimum Gasteiger partial charge on any atom is -0.394 e. The molecule has 13 atom stereocenters. The Balaban J connectivity index is 1.69. The lowest BCUT2D eigenvalue weighted by Crippen LogP contribution is -2.66. The van der Waals surface area contributed by atoms with Crippen LogP contribution in [0.5, 0.6) is 0 Å². The van der Waals surface area contributed by atoms with Crippen LogP contribution in [0.2, 0.25) is 0 Å². The van der Waals surface area contributed by atoms with Crippen molar-refractivity contribution in [1.29, 1.82) is 0 Å². The van der Waals surface area contributed by atoms with Gasteiger partial charge in [0.2, 0.25) is 0 Å². The van der Waals surface area contributed by atoms with Gasteiger partial charge in [-0.1, -0.05) is 0 Å². The van der Waals surface area contributed by atoms with Crippen molar-refractivity contribution in [1.82, 2.24) is 0 Å². The van der Waals surface area contributed by atoms with Gasteiger partial charge >= 0.3 is 0 Å². The van der Waals surface area contributed by atoms with Crippen LogP contribution in [0.15, 0.2) is 0 Å². The summed E-state index contributed by atoms with van der Waals surface area (Å²) >= 11 is 0. The normalized spacial score (nSPS) is 51.6. The molecule has 0 spiro atoms. The Bertz CT molecular complexity index is 579. The molecule has 3 rings (SSSR count). The standard InChI is InChI=1S/C18H37N5O8/c19-4-12-11(25)3-10(23)17(29-12)30-15-8(21)2-9(22)16(14(15)27)31-18-13(26)7(20)1-6(5-24)28-18/h6-18,24-27H,1-5,19-23H2/t6-,7-,8-,9+,10+,11-,12+,13+,14-,15+,16?,17-,18+/m0/s1. The molecule has 1 saturated carbocycles. The fourth-order valence-electron chi connectivity index (χ4n) is 4.40. The Kier molecular flexibility index (Phi) is 8.59. The first-order valence-electron chi connectivity index (χ1n) is 10.7. The molecule has 0 aromatic heterocycles. The van der Waals surface area contributed by atoms with Crippen LogP contribution in [0.3, 0.4) is 0 Å². The summed E-state index contributed by atoms with van der Waals surface area (Å²) in [6.45, 7) is -0.214. The number of hydrogen-bond acceptors (Lipinski definition) is 13. The number of ether oxygens (including phenoxy) is 4. The molecular weight excluding hydrogens is 414 g/mol. The van der Waals surface area contributed by atoms with Crippen LogP contribution in [0.25, 0.3) is 0 Å². The van der Waals surface area contributed by atoms with Gasteiger partial charge in [-0.2, -0.15) is 0 Å². The second-order valence-electron chi connectivity index (χ2n) is 8.70. The Hall–Kier alpha value is -0.520. The molecular formula is C18H37N5O8. The number of rotatable bonds is 6. The van der Waals surface area contributed by atoms with E-state index in [9.17, 15) is 20.4 Å². The molecule has 0 bridgehead atoms. The third-order valence-electron chi connectivity index (χ3n) is 6.26. The molecule has 0 radical (unpaired) electrons. The molecule has 0 aromatic carbocycles. The van der Waals surface area contributed by atoms with E-state index in [2.05, 4.69) is 0 Å². The molecule has 13 heteroatoms. The van der Waals surface area contributed by atoms with Crippen LogP contribution in [0.1, 0.15) is 19.3 Å². The molecule has 1 unspecified atom stereocenters. The van der Waals surface area contributed by atoms with Gasteiger partial charge < -0.3 is 68.0 Å². The molecule has 2 heterocycles. The van der Waals surface area contributed by atoms with Crippen molar-refractivity contribution in [3.8, 4) is 0 Å². The Morgan fingerprint density at radius 1 is 0.742 bits per heavy atom. The fraction of sp³-hybridized carbons (Fsp3) is 1.00. The lowest BCUT2D eigenvalue weighted by atomic mass is 9.84. The Morgan fingerprint density at radius 3 is 1.94 bits per heavy atom. The van der Waals surface area contributed by atoms with Crippen LogP contribution in [-0.2, 0) is 18.9 Å². The monoisotopic (exact) mass is 451 g/mol. The molecule has 13 nitrogen and oxygen atoms in total. The highest BCUT2D eigenvalue weighted by molar-refractivity contribution is 5.00. The van der Waals surface area contributed by atoms with Crippen molar-refractivity contribution in [3.05, 3.63) is 0 Å². The van der Waals surface area contributed by atoms with Crippen LogP contribution in [0, 0.1) is 0 Å². The highest BCUT2D eigenvalue weighted by Crippen LogP contribution is 2.30. The van der Waals surface area contributed by atoms with E-state index >= 15 is 0 Å². The summed E-state index contributed by atoms with van der Waals surface area (Å²) in [5.74, 6) is 0. The number of aliphatic hydroxyl groups is 4. The highest BCUT2D eigenvalue weighted by atomic mass is 16.7. The van der Waals surface area contributed by atoms with Crippen LogP contribution in [-0.4, -0.2) is 113 Å². The Labute approximate surface area is 180 Å². The second kappa shape index (κ2) is 10.6. The molecule has 3 aliphatic rings. The van der Waals surface area contributed by atoms with Gasteiger partial charge in [-0.25, -0.2) is 0 Å². The smallest absolute Gasteiger partial charge is 0.185 e. The summed E-state index contributed by atoms with van der Waals surface area (Å²) in [6.07, 6.45) is -7.89. The van der Waals surface area contributed by atoms with Gasteiger partial charge in [0.25, 0.3) is 0 Å². The molecule has 14 N–H and O–H groups in total. The van der Waals surface area contributed by atoms with Gasteiger partial charge in [-0.15, -0.1) is 0 Å². The molecule has 1 aliphatic carbocycles. The van der Waals surface area contributed by atoms with E-state index in [1.54, 1.807) is 0 Å². The lowest BCUT2D eigenvalue weighted by Gasteiger charge is -2.47. The molecule has 31 heavy (non-hydrogen) atoms. The van der Waals surface area contributed by atoms with E-state index in [0.29, 0.717) is 0 Å². The predicted molar refractivity (Wildman–Crippen MR) is 107 cm³/mol. The largest absolute Gasteiger partial charge is 0.394 e. The molecule has 182 valence electrons. The fourth-order valence-corrected chi connectivity index (χ4v) is 4.40. The van der Waals surface area contributed by atoms with Gasteiger partial charge in [0, 0.05) is 24.7 Å². The van der Waals surface area contributed by atoms with Gasteiger partial charge in [-0.05, 0) is 19.3 Å². The van der Waals surface area contributed by atoms with E-state index in [1.807, 2.05) is 0 Å². The Morgan fingerprint density at radius 2 is 1.35 bits per heavy atom. The highest BCUT2D eigenvalue weighted by Gasteiger charge is 2.48. The van der Waals surface area contributed by atoms with Gasteiger partial charge in [0.15, 0.2) is 12.6 Å². The van der Waals surface area contributed by atoms with Crippen molar-refractivity contribution in [2.45, 2.75) is 98.7 Å². The summed E-state index contributed by atoms with van der Waals surface area (Å²) in [7, 11) is 0. The van der Waals surface area contributed by atoms with Crippen molar-refractivity contribution in [2.24, 2.45) is 28.7 Å². The maximum absolute atomic E-state index is 11.0. The van der Waals surface area contributed by atoms with Crippen LogP contribution >= 0.6 is 0 Å². The lowest BCUT2D eigenvalue weighted by molar-refractivity contribution is -0.303. The zero-order valence-corrected chi connectivity index (χ0v) is 17.3. The third-order valence-corrected chi connectivity index (χ3v) is 6.26. The molecule has 2 aliphatic heterocycles. The SMILES string of the molecule is NC[C@H]1O[C@@H](O[C@H]2[C@H](O)C(O[C@H]3O[C@H](CO)C[C@H](N)[C@H]3O)[C@H](N)C[C@@H]2N)[C@H](N)C[C@@H]1O. The second-order valence-corrected chi connectivity index (χ2v) is 8.70. The van der Waals surface area contributed by atoms with Gasteiger partial charge in [-0.3, -0.25) is 0 Å². The number of aliphatic hydroxyl groups excluding tert-OH is 4. The molecule has 3 fully saturated rings. The minimum absolute atomic E-state index is 0.0762. The molecule has 0 aromatic rings. The van der Waals surface area contributed by atoms with E-state index in [1.165, 1.54) is 0 Å². The van der Waals surface area contributed by atoms with Crippen LogP contribution in [0.4, 0.5) is 0 Å². The zero-order chi connectivity index (χ0) is 22.9. The first-order valence-corrected chi connectivity index (χ1v) is 10.7. The number of hydrogen-bond donors (Lipinski definition) is 9. The average molecular weight is 452 g/mol. The average Bonchev–Trinajstić information content (AvgIpc) is 2.72. The van der Waals surface area contributed by atoms with Crippen molar-refractivity contribution < 1.29 is 39.4 Å². The summed E-state index contributed by atoms with van der Waals surface area (Å²) in [5.41, 5.74) is 29.9. The molecule has 2 saturated heterocycles. The summed E-state index contributed by atoms with van der Waals surface area (Å²) in [4.78, 5) is 0. The zero-order valence-electron chi connectivity index (χ0n) is 17.3. The third kappa shape index (κ3) is 5.52. The van der Waals surface area contributed by atoms with Crippen molar-refractivity contribution >= 4 is 0 Å². The van der Waals surface area contributed by atoms with Crippen molar-refractivity contribution in [3.63, 3.8) is 0 Å². The van der Waals surface area contributed by atoms with E-state index in [-0.39, 0.29) is 32.4 Å². The maximum atomic E-state index is 11.0. The summed E-state index contributed by atoms with van der Waals surface area (Å²) in [6, 6.07) is -2.64. The predicted octanol–water partition coefficient (Wildman–Crippen LogP) is -5.27. The number of nitrogens with two attached hydrogens (primary N) is 5. The van der Waals surface area contributed by atoms with Gasteiger partial charge in [0.1, 0.15) is 24.4 Å².